The zero-order valence-electron chi connectivity index (χ0n) is 17.7. The van der Waals surface area contributed by atoms with Gasteiger partial charge in [0.1, 0.15) is 18.2 Å². The van der Waals surface area contributed by atoms with Crippen LogP contribution >= 0.6 is 11.6 Å². The number of hydrogen-bond donors (Lipinski definition) is 0. The van der Waals surface area contributed by atoms with E-state index in [2.05, 4.69) is 0 Å². The summed E-state index contributed by atoms with van der Waals surface area (Å²) in [5.41, 5.74) is -2.10. The smallest absolute Gasteiger partial charge is 0.491 e. The van der Waals surface area contributed by atoms with Gasteiger partial charge < -0.3 is 9.47 Å². The number of ether oxygens (including phenoxy) is 2. The number of alkyl halides is 3. The molecule has 1 aliphatic rings. The summed E-state index contributed by atoms with van der Waals surface area (Å²) >= 11 is 6.40. The molecule has 0 amide bonds. The molecule has 0 aliphatic carbocycles. The molecule has 0 fully saturated rings. The van der Waals surface area contributed by atoms with Crippen LogP contribution in [0.2, 0.25) is 5.02 Å². The van der Waals surface area contributed by atoms with E-state index in [1.165, 1.54) is 43.1 Å². The Morgan fingerprint density at radius 2 is 1.94 bits per heavy atom. The van der Waals surface area contributed by atoms with Gasteiger partial charge in [-0.05, 0) is 44.3 Å². The lowest BCUT2D eigenvalue weighted by Crippen LogP contribution is -2.47. The van der Waals surface area contributed by atoms with Crippen molar-refractivity contribution in [2.24, 2.45) is 0 Å². The first-order valence-corrected chi connectivity index (χ1v) is 11.6. The highest BCUT2D eigenvalue weighted by Gasteiger charge is 2.49. The Morgan fingerprint density at radius 1 is 1.24 bits per heavy atom. The zero-order valence-corrected chi connectivity index (χ0v) is 19.3. The maximum absolute atomic E-state index is 13.7. The molecule has 182 valence electrons. The van der Waals surface area contributed by atoms with Crippen LogP contribution in [-0.4, -0.2) is 49.6 Å². The summed E-state index contributed by atoms with van der Waals surface area (Å²) in [5, 5.41) is -0.148. The predicted octanol–water partition coefficient (Wildman–Crippen LogP) is 4.27. The average Bonchev–Trinajstić information content (AvgIpc) is 3.03. The van der Waals surface area contributed by atoms with E-state index in [9.17, 15) is 30.8 Å². The number of carbonyl (C=O) groups is 1. The summed E-state index contributed by atoms with van der Waals surface area (Å²) in [6.07, 6.45) is -4.23. The number of aromatic nitrogens is 1. The Bertz CT molecular complexity index is 1410. The SMILES string of the molecule is CN1CCOc2ccc3c(c(Cl)cn3S(=O)(=O)c3cccc(F)c3)c2C1(C)OC(=O)C(F)(F)F. The van der Waals surface area contributed by atoms with Crippen molar-refractivity contribution in [1.82, 2.24) is 8.87 Å². The molecule has 0 saturated heterocycles. The maximum atomic E-state index is 13.7. The highest BCUT2D eigenvalue weighted by Crippen LogP contribution is 2.46. The van der Waals surface area contributed by atoms with Crippen molar-refractivity contribution in [2.45, 2.75) is 23.7 Å². The van der Waals surface area contributed by atoms with Crippen LogP contribution in [0.4, 0.5) is 17.6 Å². The van der Waals surface area contributed by atoms with Gasteiger partial charge in [0.15, 0.2) is 5.72 Å². The molecule has 34 heavy (non-hydrogen) atoms. The topological polar surface area (TPSA) is 77.8 Å². The fourth-order valence-corrected chi connectivity index (χ4v) is 5.56. The molecule has 13 heteroatoms. The van der Waals surface area contributed by atoms with E-state index in [1.54, 1.807) is 0 Å². The number of halogens is 5. The van der Waals surface area contributed by atoms with Gasteiger partial charge in [0.05, 0.1) is 21.0 Å². The van der Waals surface area contributed by atoms with Crippen LogP contribution in [0.5, 0.6) is 5.75 Å². The summed E-state index contributed by atoms with van der Waals surface area (Å²) in [4.78, 5) is 12.8. The van der Waals surface area contributed by atoms with E-state index in [-0.39, 0.29) is 45.3 Å². The molecule has 2 heterocycles. The first kappa shape index (κ1) is 24.3. The molecule has 0 saturated carbocycles. The quantitative estimate of drug-likeness (QED) is 0.379. The van der Waals surface area contributed by atoms with Crippen molar-refractivity contribution in [3.63, 3.8) is 0 Å². The highest BCUT2D eigenvalue weighted by atomic mass is 35.5. The third-order valence-electron chi connectivity index (χ3n) is 5.60. The van der Waals surface area contributed by atoms with Crippen LogP contribution in [0, 0.1) is 5.82 Å². The number of likely N-dealkylation sites (N-methyl/N-ethyl adjacent to an activating group) is 1. The molecule has 1 atom stereocenters. The minimum atomic E-state index is -5.28. The third kappa shape index (κ3) is 3.89. The summed E-state index contributed by atoms with van der Waals surface area (Å²) in [6, 6.07) is 7.02. The lowest BCUT2D eigenvalue weighted by molar-refractivity contribution is -0.229. The molecule has 0 radical (unpaired) electrons. The fraction of sp³-hybridized carbons (Fsp3) is 0.286. The Balaban J connectivity index is 2.00. The third-order valence-corrected chi connectivity index (χ3v) is 7.56. The second-order valence-corrected chi connectivity index (χ2v) is 9.93. The van der Waals surface area contributed by atoms with Crippen LogP contribution in [0.3, 0.4) is 0 Å². The van der Waals surface area contributed by atoms with Crippen molar-refractivity contribution in [1.29, 1.82) is 0 Å². The molecule has 0 N–H and O–H groups in total. The van der Waals surface area contributed by atoms with Gasteiger partial charge in [-0.25, -0.2) is 21.6 Å². The number of rotatable bonds is 3. The lowest BCUT2D eigenvalue weighted by Gasteiger charge is -2.37. The van der Waals surface area contributed by atoms with Crippen molar-refractivity contribution in [3.8, 4) is 5.75 Å². The molecule has 3 aromatic rings. The van der Waals surface area contributed by atoms with E-state index in [0.29, 0.717) is 0 Å². The molecule has 0 bridgehead atoms. The number of benzene rings is 2. The summed E-state index contributed by atoms with van der Waals surface area (Å²) < 4.78 is 90.8. The summed E-state index contributed by atoms with van der Waals surface area (Å²) in [5.74, 6) is -3.15. The average molecular weight is 521 g/mol. The van der Waals surface area contributed by atoms with Gasteiger partial charge >= 0.3 is 12.1 Å². The monoisotopic (exact) mass is 520 g/mol. The number of esters is 1. The van der Waals surface area contributed by atoms with Crippen molar-refractivity contribution < 1.29 is 40.2 Å². The largest absolute Gasteiger partial charge is 0.492 e. The van der Waals surface area contributed by atoms with Crippen LogP contribution in [0.25, 0.3) is 10.9 Å². The first-order chi connectivity index (χ1) is 15.8. The Kier molecular flexibility index (Phi) is 5.82. The minimum Gasteiger partial charge on any atom is -0.492 e. The van der Waals surface area contributed by atoms with Gasteiger partial charge in [-0.2, -0.15) is 13.2 Å². The predicted molar refractivity (Wildman–Crippen MR) is 114 cm³/mol. The Morgan fingerprint density at radius 3 is 2.59 bits per heavy atom. The van der Waals surface area contributed by atoms with Gasteiger partial charge in [0.25, 0.3) is 10.0 Å². The lowest BCUT2D eigenvalue weighted by atomic mass is 9.97. The molecule has 1 unspecified atom stereocenters. The van der Waals surface area contributed by atoms with Crippen LogP contribution in [-0.2, 0) is 25.3 Å². The molecule has 0 spiro atoms. The van der Waals surface area contributed by atoms with E-state index in [1.807, 2.05) is 0 Å². The second kappa shape index (κ2) is 8.14. The summed E-state index contributed by atoms with van der Waals surface area (Å²) in [7, 11) is -2.92. The molecule has 4 rings (SSSR count). The highest BCUT2D eigenvalue weighted by molar-refractivity contribution is 7.90. The minimum absolute atomic E-state index is 0.00497. The van der Waals surface area contributed by atoms with Crippen LogP contribution < -0.4 is 4.74 Å². The second-order valence-electron chi connectivity index (χ2n) is 7.71. The van der Waals surface area contributed by atoms with Gasteiger partial charge in [-0.1, -0.05) is 17.7 Å². The standard InChI is InChI=1S/C21H17ClF4N2O5S/c1-20(33-19(29)21(24,25)26)18-16(32-9-8-27(20)2)7-6-15-17(18)14(22)11-28(15)34(30,31)13-5-3-4-12(23)10-13/h3-7,10-11H,8-9H2,1-2H3. The van der Waals surface area contributed by atoms with Gasteiger partial charge in [-0.15, -0.1) is 0 Å². The maximum Gasteiger partial charge on any atom is 0.491 e. The first-order valence-electron chi connectivity index (χ1n) is 9.76. The molecular formula is C21H17ClF4N2O5S. The van der Waals surface area contributed by atoms with Gasteiger partial charge in [0, 0.05) is 18.1 Å². The fourth-order valence-electron chi connectivity index (χ4n) is 3.82. The normalized spacial score (nSPS) is 19.4. The van der Waals surface area contributed by atoms with E-state index in [4.69, 9.17) is 21.1 Å². The Labute approximate surface area is 196 Å². The molecule has 1 aromatic heterocycles. The molecule has 2 aromatic carbocycles. The van der Waals surface area contributed by atoms with Crippen molar-refractivity contribution >= 4 is 38.5 Å². The van der Waals surface area contributed by atoms with Crippen LogP contribution in [0.15, 0.2) is 47.5 Å². The van der Waals surface area contributed by atoms with Crippen molar-refractivity contribution in [2.75, 3.05) is 20.2 Å². The number of carbonyl (C=O) groups excluding carboxylic acids is 1. The van der Waals surface area contributed by atoms with Crippen LogP contribution in [0.1, 0.15) is 12.5 Å². The zero-order chi connectivity index (χ0) is 25.1. The number of hydrogen-bond acceptors (Lipinski definition) is 6. The van der Waals surface area contributed by atoms with E-state index >= 15 is 0 Å². The Hall–Kier alpha value is -2.83. The molecule has 1 aliphatic heterocycles. The van der Waals surface area contributed by atoms with E-state index < -0.39 is 33.7 Å². The van der Waals surface area contributed by atoms with Gasteiger partial charge in [-0.3, -0.25) is 4.90 Å². The molecule has 7 nitrogen and oxygen atoms in total. The van der Waals surface area contributed by atoms with Gasteiger partial charge in [0.2, 0.25) is 0 Å². The van der Waals surface area contributed by atoms with E-state index in [0.717, 1.165) is 22.3 Å². The summed E-state index contributed by atoms with van der Waals surface area (Å²) in [6.45, 7) is 1.37. The van der Waals surface area contributed by atoms with Crippen molar-refractivity contribution in [3.05, 3.63) is 59.0 Å². The number of nitrogens with zero attached hydrogens (tertiary/aromatic N) is 2. The number of fused-ring (bicyclic) bond motifs is 3. The molecular weight excluding hydrogens is 504 g/mol.